The molecule has 0 aliphatic carbocycles. The molecule has 0 bridgehead atoms. The Morgan fingerprint density at radius 1 is 1.47 bits per heavy atom. The highest BCUT2D eigenvalue weighted by atomic mass is 79.9. The van der Waals surface area contributed by atoms with Crippen LogP contribution in [0.15, 0.2) is 26.3 Å². The van der Waals surface area contributed by atoms with Crippen LogP contribution >= 0.6 is 15.9 Å². The molecule has 0 amide bonds. The predicted octanol–water partition coefficient (Wildman–Crippen LogP) is 0.389. The van der Waals surface area contributed by atoms with Crippen LogP contribution in [0, 0.1) is 6.92 Å². The minimum absolute atomic E-state index is 0.199. The van der Waals surface area contributed by atoms with Crippen LogP contribution in [-0.2, 0) is 13.6 Å². The molecule has 1 N–H and O–H groups in total. The first-order valence-electron chi connectivity index (χ1n) is 4.96. The summed E-state index contributed by atoms with van der Waals surface area (Å²) in [6.07, 6.45) is 1.34. The molecule has 0 aromatic carbocycles. The van der Waals surface area contributed by atoms with E-state index in [0.717, 1.165) is 16.0 Å². The lowest BCUT2D eigenvalue weighted by Gasteiger charge is -2.04. The molecule has 17 heavy (non-hydrogen) atoms. The maximum Gasteiger partial charge on any atom is 0.328 e. The van der Waals surface area contributed by atoms with Crippen molar-refractivity contribution >= 4 is 15.9 Å². The van der Waals surface area contributed by atoms with Crippen molar-refractivity contribution in [2.75, 3.05) is 0 Å². The normalized spacial score (nSPS) is 10.8. The fraction of sp³-hybridized carbons (Fsp3) is 0.300. The highest BCUT2D eigenvalue weighted by Crippen LogP contribution is 2.03. The third-order valence-corrected chi connectivity index (χ3v) is 3.00. The van der Waals surface area contributed by atoms with Gasteiger partial charge in [-0.25, -0.2) is 4.79 Å². The SMILES string of the molecule is Cc1cc(Cn2c(=O)[nH]cc(Br)c2=O)n(C)n1. The first-order valence-corrected chi connectivity index (χ1v) is 5.76. The Hall–Kier alpha value is -1.63. The van der Waals surface area contributed by atoms with Crippen LogP contribution in [0.3, 0.4) is 0 Å². The Bertz CT molecular complexity index is 668. The molecule has 7 heteroatoms. The van der Waals surface area contributed by atoms with Crippen molar-refractivity contribution in [1.29, 1.82) is 0 Å². The van der Waals surface area contributed by atoms with Crippen LogP contribution in [0.5, 0.6) is 0 Å². The maximum absolute atomic E-state index is 11.8. The number of hydrogen-bond donors (Lipinski definition) is 1. The number of hydrogen-bond acceptors (Lipinski definition) is 3. The summed E-state index contributed by atoms with van der Waals surface area (Å²) in [4.78, 5) is 25.8. The highest BCUT2D eigenvalue weighted by Gasteiger charge is 2.09. The van der Waals surface area contributed by atoms with E-state index < -0.39 is 5.69 Å². The van der Waals surface area contributed by atoms with E-state index in [1.165, 1.54) is 6.20 Å². The zero-order chi connectivity index (χ0) is 12.6. The van der Waals surface area contributed by atoms with Gasteiger partial charge in [0, 0.05) is 13.2 Å². The topological polar surface area (TPSA) is 72.7 Å². The molecule has 2 aromatic rings. The summed E-state index contributed by atoms with van der Waals surface area (Å²) in [5, 5.41) is 4.17. The van der Waals surface area contributed by atoms with E-state index in [9.17, 15) is 9.59 Å². The molecule has 0 radical (unpaired) electrons. The molecule has 2 aromatic heterocycles. The second kappa shape index (κ2) is 4.33. The number of nitrogens with zero attached hydrogens (tertiary/aromatic N) is 3. The van der Waals surface area contributed by atoms with Gasteiger partial charge in [-0.1, -0.05) is 0 Å². The second-order valence-corrected chi connectivity index (χ2v) is 4.59. The van der Waals surface area contributed by atoms with Crippen molar-refractivity contribution in [3.8, 4) is 0 Å². The summed E-state index contributed by atoms with van der Waals surface area (Å²) in [7, 11) is 1.78. The van der Waals surface area contributed by atoms with E-state index in [1.54, 1.807) is 11.7 Å². The van der Waals surface area contributed by atoms with Gasteiger partial charge in [0.2, 0.25) is 0 Å². The van der Waals surface area contributed by atoms with Gasteiger partial charge in [-0.2, -0.15) is 5.10 Å². The van der Waals surface area contributed by atoms with E-state index in [1.807, 2.05) is 13.0 Å². The molecule has 90 valence electrons. The number of H-pyrrole nitrogens is 1. The van der Waals surface area contributed by atoms with E-state index in [4.69, 9.17) is 0 Å². The lowest BCUT2D eigenvalue weighted by Crippen LogP contribution is -2.35. The number of aromatic amines is 1. The fourth-order valence-electron chi connectivity index (χ4n) is 1.60. The molecule has 0 aliphatic rings. The Labute approximate surface area is 105 Å². The molecule has 0 fully saturated rings. The average molecular weight is 299 g/mol. The van der Waals surface area contributed by atoms with Gasteiger partial charge in [0.05, 0.1) is 22.4 Å². The molecule has 0 saturated heterocycles. The van der Waals surface area contributed by atoms with Crippen LogP contribution in [-0.4, -0.2) is 19.3 Å². The first-order chi connectivity index (χ1) is 7.99. The number of aryl methyl sites for hydroxylation is 2. The Balaban J connectivity index is 2.50. The predicted molar refractivity (Wildman–Crippen MR) is 66.1 cm³/mol. The molecule has 6 nitrogen and oxygen atoms in total. The van der Waals surface area contributed by atoms with Gasteiger partial charge >= 0.3 is 5.69 Å². The van der Waals surface area contributed by atoms with E-state index in [0.29, 0.717) is 4.47 Å². The Kier molecular flexibility index (Phi) is 3.01. The van der Waals surface area contributed by atoms with Crippen LogP contribution < -0.4 is 11.2 Å². The minimum Gasteiger partial charge on any atom is -0.313 e. The number of halogens is 1. The van der Waals surface area contributed by atoms with Gasteiger partial charge in [0.25, 0.3) is 5.56 Å². The molecule has 0 saturated carbocycles. The second-order valence-electron chi connectivity index (χ2n) is 3.73. The lowest BCUT2D eigenvalue weighted by molar-refractivity contribution is 0.625. The van der Waals surface area contributed by atoms with Crippen molar-refractivity contribution in [1.82, 2.24) is 19.3 Å². The van der Waals surface area contributed by atoms with Crippen LogP contribution in [0.4, 0.5) is 0 Å². The zero-order valence-corrected chi connectivity index (χ0v) is 11.0. The third-order valence-electron chi connectivity index (χ3n) is 2.44. The Morgan fingerprint density at radius 2 is 2.18 bits per heavy atom. The molecule has 0 unspecified atom stereocenters. The fourth-order valence-corrected chi connectivity index (χ4v) is 1.93. The number of nitrogens with one attached hydrogen (secondary N) is 1. The summed E-state index contributed by atoms with van der Waals surface area (Å²) >= 11 is 3.09. The summed E-state index contributed by atoms with van der Waals surface area (Å²) in [6.45, 7) is 2.06. The van der Waals surface area contributed by atoms with Gasteiger partial charge in [0.15, 0.2) is 0 Å². The van der Waals surface area contributed by atoms with Crippen molar-refractivity contribution in [2.45, 2.75) is 13.5 Å². The number of aromatic nitrogens is 4. The smallest absolute Gasteiger partial charge is 0.313 e. The molecular weight excluding hydrogens is 288 g/mol. The van der Waals surface area contributed by atoms with Gasteiger partial charge in [0.1, 0.15) is 0 Å². The van der Waals surface area contributed by atoms with E-state index in [-0.39, 0.29) is 12.1 Å². The van der Waals surface area contributed by atoms with E-state index >= 15 is 0 Å². The van der Waals surface area contributed by atoms with Gasteiger partial charge in [-0.05, 0) is 28.9 Å². The highest BCUT2D eigenvalue weighted by molar-refractivity contribution is 9.10. The molecule has 0 atom stereocenters. The molecule has 2 heterocycles. The maximum atomic E-state index is 11.8. The van der Waals surface area contributed by atoms with Gasteiger partial charge in [-0.3, -0.25) is 14.0 Å². The quantitative estimate of drug-likeness (QED) is 0.872. The van der Waals surface area contributed by atoms with Crippen molar-refractivity contribution in [3.63, 3.8) is 0 Å². The van der Waals surface area contributed by atoms with Crippen LogP contribution in [0.25, 0.3) is 0 Å². The zero-order valence-electron chi connectivity index (χ0n) is 9.40. The van der Waals surface area contributed by atoms with Crippen molar-refractivity contribution in [2.24, 2.45) is 7.05 Å². The average Bonchev–Trinajstić information content (AvgIpc) is 2.58. The molecular formula is C10H11BrN4O2. The summed E-state index contributed by atoms with van der Waals surface area (Å²) < 4.78 is 3.11. The van der Waals surface area contributed by atoms with E-state index in [2.05, 4.69) is 26.0 Å². The van der Waals surface area contributed by atoms with Gasteiger partial charge < -0.3 is 4.98 Å². The molecule has 0 spiro atoms. The standard InChI is InChI=1S/C10H11BrN4O2/c1-6-3-7(14(2)13-6)5-15-9(16)8(11)4-12-10(15)17/h3-4H,5H2,1-2H3,(H,12,17). The minimum atomic E-state index is -0.433. The third kappa shape index (κ3) is 2.23. The lowest BCUT2D eigenvalue weighted by atomic mass is 10.3. The monoisotopic (exact) mass is 298 g/mol. The largest absolute Gasteiger partial charge is 0.328 e. The van der Waals surface area contributed by atoms with Crippen molar-refractivity contribution < 1.29 is 0 Å². The summed E-state index contributed by atoms with van der Waals surface area (Å²) in [5.74, 6) is 0. The molecule has 2 rings (SSSR count). The van der Waals surface area contributed by atoms with Crippen LogP contribution in [0.1, 0.15) is 11.4 Å². The van der Waals surface area contributed by atoms with Crippen molar-refractivity contribution in [3.05, 3.63) is 49.0 Å². The van der Waals surface area contributed by atoms with Crippen LogP contribution in [0.2, 0.25) is 0 Å². The first kappa shape index (κ1) is 11.8. The Morgan fingerprint density at radius 3 is 2.76 bits per heavy atom. The summed E-state index contributed by atoms with van der Waals surface area (Å²) in [5.41, 5.74) is 0.861. The number of rotatable bonds is 2. The molecule has 0 aliphatic heterocycles. The summed E-state index contributed by atoms with van der Waals surface area (Å²) in [6, 6.07) is 1.84. The van der Waals surface area contributed by atoms with Gasteiger partial charge in [-0.15, -0.1) is 0 Å².